The van der Waals surface area contributed by atoms with Gasteiger partial charge in [0.25, 0.3) is 5.91 Å². The molecule has 5 nitrogen and oxygen atoms in total. The highest BCUT2D eigenvalue weighted by atomic mass is 16.5. The molecular formula is C24H29NO4. The minimum absolute atomic E-state index is 0.000547. The summed E-state index contributed by atoms with van der Waals surface area (Å²) in [7, 11) is 0. The molecule has 0 spiro atoms. The number of aliphatic hydroxyl groups excluding tert-OH is 1. The SMILES string of the molecule is O=C(c1ccccc1OCC1CCCO1)N1CCC(C(O)c2ccccc2)CC1. The molecule has 0 radical (unpaired) electrons. The van der Waals surface area contributed by atoms with Gasteiger partial charge in [-0.3, -0.25) is 4.79 Å². The summed E-state index contributed by atoms with van der Waals surface area (Å²) in [5, 5.41) is 10.7. The fourth-order valence-corrected chi connectivity index (χ4v) is 4.24. The molecule has 2 fully saturated rings. The van der Waals surface area contributed by atoms with Gasteiger partial charge in [0.05, 0.1) is 17.8 Å². The number of benzene rings is 2. The first-order valence-electron chi connectivity index (χ1n) is 10.6. The van der Waals surface area contributed by atoms with Gasteiger partial charge in [0.1, 0.15) is 12.4 Å². The van der Waals surface area contributed by atoms with Crippen LogP contribution in [-0.2, 0) is 4.74 Å². The van der Waals surface area contributed by atoms with Crippen molar-refractivity contribution in [1.29, 1.82) is 0 Å². The number of piperidine rings is 1. The van der Waals surface area contributed by atoms with Gasteiger partial charge in [0, 0.05) is 19.7 Å². The van der Waals surface area contributed by atoms with E-state index in [0.29, 0.717) is 31.0 Å². The fraction of sp³-hybridized carbons (Fsp3) is 0.458. The Morgan fingerprint density at radius 1 is 1.07 bits per heavy atom. The van der Waals surface area contributed by atoms with Gasteiger partial charge < -0.3 is 19.5 Å². The number of aliphatic hydroxyl groups is 1. The van der Waals surface area contributed by atoms with Gasteiger partial charge in [-0.05, 0) is 49.3 Å². The molecule has 154 valence electrons. The Balaban J connectivity index is 1.36. The standard InChI is InChI=1S/C24H29NO4/c26-23(18-7-2-1-3-8-18)19-12-14-25(15-13-19)24(27)21-10-4-5-11-22(21)29-17-20-9-6-16-28-20/h1-5,7-8,10-11,19-20,23,26H,6,9,12-17H2. The summed E-state index contributed by atoms with van der Waals surface area (Å²) >= 11 is 0. The molecule has 2 unspecified atom stereocenters. The summed E-state index contributed by atoms with van der Waals surface area (Å²) in [5.41, 5.74) is 1.55. The minimum atomic E-state index is -0.476. The number of rotatable bonds is 6. The van der Waals surface area contributed by atoms with Crippen LogP contribution < -0.4 is 4.74 Å². The first kappa shape index (κ1) is 19.9. The van der Waals surface area contributed by atoms with E-state index < -0.39 is 6.10 Å². The van der Waals surface area contributed by atoms with Crippen molar-refractivity contribution in [2.24, 2.45) is 5.92 Å². The predicted molar refractivity (Wildman–Crippen MR) is 111 cm³/mol. The quantitative estimate of drug-likeness (QED) is 0.808. The Labute approximate surface area is 172 Å². The summed E-state index contributed by atoms with van der Waals surface area (Å²) in [6, 6.07) is 17.2. The van der Waals surface area contributed by atoms with Gasteiger partial charge in [-0.15, -0.1) is 0 Å². The molecule has 0 bridgehead atoms. The van der Waals surface area contributed by atoms with Gasteiger partial charge in [0.15, 0.2) is 0 Å². The Morgan fingerprint density at radius 3 is 2.52 bits per heavy atom. The second-order valence-corrected chi connectivity index (χ2v) is 7.93. The van der Waals surface area contributed by atoms with Crippen LogP contribution in [0.4, 0.5) is 0 Å². The van der Waals surface area contributed by atoms with Crippen molar-refractivity contribution in [3.63, 3.8) is 0 Å². The highest BCUT2D eigenvalue weighted by Gasteiger charge is 2.29. The topological polar surface area (TPSA) is 59.0 Å². The zero-order chi connectivity index (χ0) is 20.1. The number of hydrogen-bond donors (Lipinski definition) is 1. The molecule has 1 amide bonds. The van der Waals surface area contributed by atoms with Crippen molar-refractivity contribution in [1.82, 2.24) is 4.90 Å². The molecule has 1 N–H and O–H groups in total. The van der Waals surface area contributed by atoms with E-state index >= 15 is 0 Å². The van der Waals surface area contributed by atoms with Crippen LogP contribution in [-0.4, -0.2) is 48.3 Å². The maximum Gasteiger partial charge on any atom is 0.257 e. The number of amides is 1. The molecule has 2 aliphatic heterocycles. The molecule has 5 heteroatoms. The lowest BCUT2D eigenvalue weighted by molar-refractivity contribution is 0.0453. The van der Waals surface area contributed by atoms with Crippen LogP contribution in [0.15, 0.2) is 54.6 Å². The lowest BCUT2D eigenvalue weighted by Crippen LogP contribution is -2.40. The van der Waals surface area contributed by atoms with Crippen LogP contribution in [0.25, 0.3) is 0 Å². The number of hydrogen-bond acceptors (Lipinski definition) is 4. The first-order valence-corrected chi connectivity index (χ1v) is 10.6. The predicted octanol–water partition coefficient (Wildman–Crippen LogP) is 3.83. The van der Waals surface area contributed by atoms with Crippen molar-refractivity contribution in [3.05, 3.63) is 65.7 Å². The molecule has 0 saturated carbocycles. The van der Waals surface area contributed by atoms with Crippen LogP contribution in [0.3, 0.4) is 0 Å². The van der Waals surface area contributed by atoms with Crippen LogP contribution in [0.5, 0.6) is 5.75 Å². The highest BCUT2D eigenvalue weighted by molar-refractivity contribution is 5.97. The molecule has 2 aromatic rings. The molecule has 2 aliphatic rings. The Kier molecular flexibility index (Phi) is 6.47. The Morgan fingerprint density at radius 2 is 1.79 bits per heavy atom. The maximum atomic E-state index is 13.1. The summed E-state index contributed by atoms with van der Waals surface area (Å²) in [5.74, 6) is 0.799. The Bertz CT molecular complexity index is 796. The van der Waals surface area contributed by atoms with E-state index in [4.69, 9.17) is 9.47 Å². The van der Waals surface area contributed by atoms with Gasteiger partial charge >= 0.3 is 0 Å². The molecule has 2 atom stereocenters. The minimum Gasteiger partial charge on any atom is -0.490 e. The van der Waals surface area contributed by atoms with E-state index in [1.807, 2.05) is 59.5 Å². The number of carbonyl (C=O) groups excluding carboxylic acids is 1. The van der Waals surface area contributed by atoms with Crippen LogP contribution in [0.2, 0.25) is 0 Å². The van der Waals surface area contributed by atoms with Crippen molar-refractivity contribution >= 4 is 5.91 Å². The lowest BCUT2D eigenvalue weighted by Gasteiger charge is -2.34. The van der Waals surface area contributed by atoms with E-state index in [1.165, 1.54) is 0 Å². The number of ether oxygens (including phenoxy) is 2. The van der Waals surface area contributed by atoms with Crippen LogP contribution >= 0.6 is 0 Å². The molecule has 0 aliphatic carbocycles. The zero-order valence-corrected chi connectivity index (χ0v) is 16.7. The van der Waals surface area contributed by atoms with Crippen LogP contribution in [0, 0.1) is 5.92 Å². The van der Waals surface area contributed by atoms with Crippen molar-refractivity contribution < 1.29 is 19.4 Å². The molecule has 2 aromatic carbocycles. The molecule has 4 rings (SSSR count). The van der Waals surface area contributed by atoms with E-state index in [0.717, 1.165) is 37.9 Å². The van der Waals surface area contributed by atoms with E-state index in [9.17, 15) is 9.90 Å². The normalized spacial score (nSPS) is 21.1. The Hall–Kier alpha value is -2.37. The average molecular weight is 395 g/mol. The van der Waals surface area contributed by atoms with Crippen molar-refractivity contribution in [2.75, 3.05) is 26.3 Å². The molecular weight excluding hydrogens is 366 g/mol. The number of nitrogens with zero attached hydrogens (tertiary/aromatic N) is 1. The van der Waals surface area contributed by atoms with Gasteiger partial charge in [-0.1, -0.05) is 42.5 Å². The smallest absolute Gasteiger partial charge is 0.257 e. The van der Waals surface area contributed by atoms with Crippen molar-refractivity contribution in [3.8, 4) is 5.75 Å². The number of likely N-dealkylation sites (tertiary alicyclic amines) is 1. The first-order chi connectivity index (χ1) is 14.2. The number of carbonyl (C=O) groups is 1. The third-order valence-corrected chi connectivity index (χ3v) is 5.98. The second kappa shape index (κ2) is 9.42. The summed E-state index contributed by atoms with van der Waals surface area (Å²) in [6.45, 7) is 2.56. The number of para-hydroxylation sites is 1. The van der Waals surface area contributed by atoms with E-state index in [-0.39, 0.29) is 17.9 Å². The average Bonchev–Trinajstić information content (AvgIpc) is 3.31. The molecule has 0 aromatic heterocycles. The third-order valence-electron chi connectivity index (χ3n) is 5.98. The monoisotopic (exact) mass is 395 g/mol. The van der Waals surface area contributed by atoms with Crippen LogP contribution in [0.1, 0.15) is 47.7 Å². The van der Waals surface area contributed by atoms with Gasteiger partial charge in [-0.25, -0.2) is 0 Å². The van der Waals surface area contributed by atoms with E-state index in [1.54, 1.807) is 0 Å². The molecule has 2 saturated heterocycles. The van der Waals surface area contributed by atoms with Crippen molar-refractivity contribution in [2.45, 2.75) is 37.9 Å². The molecule has 2 heterocycles. The third kappa shape index (κ3) is 4.80. The zero-order valence-electron chi connectivity index (χ0n) is 16.7. The second-order valence-electron chi connectivity index (χ2n) is 7.93. The largest absolute Gasteiger partial charge is 0.490 e. The van der Waals surface area contributed by atoms with Gasteiger partial charge in [0.2, 0.25) is 0 Å². The van der Waals surface area contributed by atoms with E-state index in [2.05, 4.69) is 0 Å². The summed E-state index contributed by atoms with van der Waals surface area (Å²) < 4.78 is 11.6. The van der Waals surface area contributed by atoms with Gasteiger partial charge in [-0.2, -0.15) is 0 Å². The summed E-state index contributed by atoms with van der Waals surface area (Å²) in [4.78, 5) is 15.0. The fourth-order valence-electron chi connectivity index (χ4n) is 4.24. The highest BCUT2D eigenvalue weighted by Crippen LogP contribution is 2.32. The maximum absolute atomic E-state index is 13.1. The molecule has 29 heavy (non-hydrogen) atoms. The summed E-state index contributed by atoms with van der Waals surface area (Å²) in [6.07, 6.45) is 3.30. The lowest BCUT2D eigenvalue weighted by atomic mass is 9.87.